The van der Waals surface area contributed by atoms with E-state index < -0.39 is 0 Å². The zero-order valence-corrected chi connectivity index (χ0v) is 17.9. The van der Waals surface area contributed by atoms with E-state index in [1.54, 1.807) is 0 Å². The largest absolute Gasteiger partial charge is 0.352 e. The third-order valence-electron chi connectivity index (χ3n) is 5.41. The summed E-state index contributed by atoms with van der Waals surface area (Å²) >= 11 is 5.77. The Hall–Kier alpha value is -2.70. The molecule has 0 saturated carbocycles. The van der Waals surface area contributed by atoms with Gasteiger partial charge >= 0.3 is 0 Å². The van der Waals surface area contributed by atoms with E-state index in [4.69, 9.17) is 12.2 Å². The van der Waals surface area contributed by atoms with E-state index in [2.05, 4.69) is 88.2 Å². The monoisotopic (exact) mass is 405 g/mol. The van der Waals surface area contributed by atoms with Gasteiger partial charge in [0.25, 0.3) is 0 Å². The van der Waals surface area contributed by atoms with Gasteiger partial charge in [-0.2, -0.15) is 0 Å². The lowest BCUT2D eigenvalue weighted by Crippen LogP contribution is -2.36. The molecule has 150 valence electrons. The lowest BCUT2D eigenvalue weighted by molar-refractivity contribution is 0.272. The summed E-state index contributed by atoms with van der Waals surface area (Å²) in [4.78, 5) is 9.14. The van der Waals surface area contributed by atoms with E-state index in [0.717, 1.165) is 29.6 Å². The molecular formula is C23H27N5S. The average Bonchev–Trinajstić information content (AvgIpc) is 3.27. The first-order valence-corrected chi connectivity index (χ1v) is 10.3. The van der Waals surface area contributed by atoms with Crippen LogP contribution in [-0.4, -0.2) is 51.6 Å². The number of rotatable bonds is 6. The predicted octanol–water partition coefficient (Wildman–Crippen LogP) is 3.71. The minimum atomic E-state index is 0.00243. The number of hydrogen-bond acceptors (Lipinski definition) is 3. The Morgan fingerprint density at radius 2 is 1.79 bits per heavy atom. The molecule has 0 unspecified atom stereocenters. The Morgan fingerprint density at radius 3 is 2.48 bits per heavy atom. The highest BCUT2D eigenvalue weighted by atomic mass is 32.1. The number of aromatic nitrogens is 2. The lowest BCUT2D eigenvalue weighted by Gasteiger charge is -2.30. The van der Waals surface area contributed by atoms with E-state index in [1.165, 1.54) is 11.4 Å². The molecular weight excluding hydrogens is 378 g/mol. The SMILES string of the molecule is Cc1ccc([C@@H]2[C@H](c3ccccn3)NC(=S)N2CCN(C)C)n1-c1ccccc1. The van der Waals surface area contributed by atoms with Crippen molar-refractivity contribution in [3.05, 3.63) is 83.9 Å². The fraction of sp³-hybridized carbons (Fsp3) is 0.304. The normalized spacial score (nSPS) is 19.0. The fourth-order valence-electron chi connectivity index (χ4n) is 3.99. The second-order valence-corrected chi connectivity index (χ2v) is 8.08. The third kappa shape index (κ3) is 3.91. The Labute approximate surface area is 178 Å². The molecule has 1 saturated heterocycles. The Balaban J connectivity index is 1.81. The molecule has 1 fully saturated rings. The topological polar surface area (TPSA) is 36.3 Å². The van der Waals surface area contributed by atoms with E-state index in [0.29, 0.717) is 0 Å². The van der Waals surface area contributed by atoms with Crippen LogP contribution < -0.4 is 5.32 Å². The number of pyridine rings is 1. The second-order valence-electron chi connectivity index (χ2n) is 7.69. The zero-order valence-electron chi connectivity index (χ0n) is 17.1. The molecule has 1 aromatic carbocycles. The van der Waals surface area contributed by atoms with Crippen LogP contribution in [0.1, 0.15) is 29.2 Å². The molecule has 5 nitrogen and oxygen atoms in total. The maximum absolute atomic E-state index is 5.77. The van der Waals surface area contributed by atoms with Crippen molar-refractivity contribution in [2.24, 2.45) is 0 Å². The van der Waals surface area contributed by atoms with Crippen molar-refractivity contribution in [2.45, 2.75) is 19.0 Å². The summed E-state index contributed by atoms with van der Waals surface area (Å²) in [5.41, 5.74) is 4.59. The van der Waals surface area contributed by atoms with Crippen molar-refractivity contribution in [2.75, 3.05) is 27.2 Å². The standard InChI is InChI=1S/C23H27N5S/c1-17-12-13-20(28(17)18-9-5-4-6-10-18)22-21(19-11-7-8-14-24-19)25-23(29)27(22)16-15-26(2)3/h4-14,21-22H,15-16H2,1-3H3,(H,25,29)/t21-,22+/m0/s1. The van der Waals surface area contributed by atoms with E-state index in [-0.39, 0.29) is 12.1 Å². The van der Waals surface area contributed by atoms with Gasteiger partial charge in [0.1, 0.15) is 0 Å². The van der Waals surface area contributed by atoms with Crippen molar-refractivity contribution >= 4 is 17.3 Å². The van der Waals surface area contributed by atoms with Crippen LogP contribution in [0.5, 0.6) is 0 Å². The third-order valence-corrected chi connectivity index (χ3v) is 5.76. The number of nitrogens with one attached hydrogen (secondary N) is 1. The summed E-state index contributed by atoms with van der Waals surface area (Å²) < 4.78 is 2.33. The fourth-order valence-corrected chi connectivity index (χ4v) is 4.33. The Bertz CT molecular complexity index is 967. The average molecular weight is 406 g/mol. The summed E-state index contributed by atoms with van der Waals surface area (Å²) in [5, 5.41) is 4.33. The van der Waals surface area contributed by atoms with Crippen LogP contribution in [0.3, 0.4) is 0 Å². The maximum Gasteiger partial charge on any atom is 0.170 e. The van der Waals surface area contributed by atoms with Crippen molar-refractivity contribution in [1.82, 2.24) is 24.7 Å². The Morgan fingerprint density at radius 1 is 1.03 bits per heavy atom. The molecule has 1 N–H and O–H groups in total. The first-order valence-electron chi connectivity index (χ1n) is 9.92. The number of nitrogens with zero attached hydrogens (tertiary/aromatic N) is 4. The van der Waals surface area contributed by atoms with E-state index >= 15 is 0 Å². The van der Waals surface area contributed by atoms with Gasteiger partial charge in [0.05, 0.1) is 17.8 Å². The van der Waals surface area contributed by atoms with Gasteiger partial charge < -0.3 is 19.7 Å². The molecule has 0 aliphatic carbocycles. The van der Waals surface area contributed by atoms with Crippen LogP contribution in [0, 0.1) is 6.92 Å². The zero-order chi connectivity index (χ0) is 20.4. The van der Waals surface area contributed by atoms with Crippen molar-refractivity contribution < 1.29 is 0 Å². The summed E-state index contributed by atoms with van der Waals surface area (Å²) in [6.45, 7) is 3.93. The number of benzene rings is 1. The van der Waals surface area contributed by atoms with Crippen LogP contribution in [-0.2, 0) is 0 Å². The molecule has 3 aromatic rings. The highest BCUT2D eigenvalue weighted by Crippen LogP contribution is 2.40. The first kappa shape index (κ1) is 19.6. The molecule has 0 radical (unpaired) electrons. The highest BCUT2D eigenvalue weighted by molar-refractivity contribution is 7.80. The van der Waals surface area contributed by atoms with Gasteiger partial charge in [0.15, 0.2) is 5.11 Å². The quantitative estimate of drug-likeness (QED) is 0.633. The number of para-hydroxylation sites is 1. The van der Waals surface area contributed by atoms with Gasteiger partial charge in [-0.25, -0.2) is 0 Å². The minimum Gasteiger partial charge on any atom is -0.352 e. The Kier molecular flexibility index (Phi) is 5.65. The van der Waals surface area contributed by atoms with Gasteiger partial charge in [-0.05, 0) is 69.6 Å². The molecule has 3 heterocycles. The molecule has 0 amide bonds. The molecule has 1 aliphatic heterocycles. The van der Waals surface area contributed by atoms with Crippen LogP contribution in [0.15, 0.2) is 66.9 Å². The van der Waals surface area contributed by atoms with Crippen molar-refractivity contribution in [1.29, 1.82) is 0 Å². The van der Waals surface area contributed by atoms with Gasteiger partial charge in [-0.15, -0.1) is 0 Å². The number of aryl methyl sites for hydroxylation is 1. The highest BCUT2D eigenvalue weighted by Gasteiger charge is 2.41. The van der Waals surface area contributed by atoms with Gasteiger partial charge in [-0.3, -0.25) is 4.98 Å². The smallest absolute Gasteiger partial charge is 0.170 e. The minimum absolute atomic E-state index is 0.00243. The molecule has 0 spiro atoms. The van der Waals surface area contributed by atoms with Crippen LogP contribution in [0.2, 0.25) is 0 Å². The molecule has 0 bridgehead atoms. The van der Waals surface area contributed by atoms with Gasteiger partial charge in [-0.1, -0.05) is 24.3 Å². The molecule has 4 rings (SSSR count). The number of likely N-dealkylation sites (N-methyl/N-ethyl adjacent to an activating group) is 1. The molecule has 29 heavy (non-hydrogen) atoms. The molecule has 2 atom stereocenters. The lowest BCUT2D eigenvalue weighted by atomic mass is 10.0. The summed E-state index contributed by atoms with van der Waals surface area (Å²) in [7, 11) is 4.18. The molecule has 6 heteroatoms. The molecule has 2 aromatic heterocycles. The van der Waals surface area contributed by atoms with Crippen LogP contribution in [0.25, 0.3) is 5.69 Å². The molecule has 1 aliphatic rings. The summed E-state index contributed by atoms with van der Waals surface area (Å²) in [6.07, 6.45) is 1.85. The van der Waals surface area contributed by atoms with Crippen molar-refractivity contribution in [3.63, 3.8) is 0 Å². The summed E-state index contributed by atoms with van der Waals surface area (Å²) in [5.74, 6) is 0. The van der Waals surface area contributed by atoms with Crippen molar-refractivity contribution in [3.8, 4) is 5.69 Å². The predicted molar refractivity (Wildman–Crippen MR) is 121 cm³/mol. The van der Waals surface area contributed by atoms with Gasteiger partial charge in [0.2, 0.25) is 0 Å². The van der Waals surface area contributed by atoms with Crippen LogP contribution in [0.4, 0.5) is 0 Å². The number of hydrogen-bond donors (Lipinski definition) is 1. The second kappa shape index (κ2) is 8.35. The first-order chi connectivity index (χ1) is 14.1. The van der Waals surface area contributed by atoms with Gasteiger partial charge in [0, 0.05) is 36.4 Å². The number of thiocarbonyl (C=S) groups is 1. The summed E-state index contributed by atoms with van der Waals surface area (Å²) in [6, 6.07) is 21.0. The van der Waals surface area contributed by atoms with E-state index in [9.17, 15) is 0 Å². The van der Waals surface area contributed by atoms with E-state index in [1.807, 2.05) is 24.4 Å². The van der Waals surface area contributed by atoms with Crippen LogP contribution >= 0.6 is 12.2 Å². The maximum atomic E-state index is 5.77.